The molecule has 1 fully saturated rings. The monoisotopic (exact) mass is 332 g/mol. The topological polar surface area (TPSA) is 16.1 Å². The third-order valence-electron chi connectivity index (χ3n) is 2.78. The lowest BCUT2D eigenvalue weighted by Gasteiger charge is -2.33. The highest BCUT2D eigenvalue weighted by molar-refractivity contribution is 9.10. The van der Waals surface area contributed by atoms with Gasteiger partial charge in [0.1, 0.15) is 5.82 Å². The van der Waals surface area contributed by atoms with Crippen molar-refractivity contribution in [2.45, 2.75) is 12.8 Å². The van der Waals surface area contributed by atoms with E-state index in [1.165, 1.54) is 12.8 Å². The Morgan fingerprint density at radius 1 is 1.53 bits per heavy atom. The largest absolute Gasteiger partial charge is 0.355 e. The summed E-state index contributed by atoms with van der Waals surface area (Å²) >= 11 is 7.13. The fraction of sp³-hybridized carbons (Fsp3) is 0.545. The van der Waals surface area contributed by atoms with Crippen molar-refractivity contribution in [3.63, 3.8) is 0 Å². The standard InChI is InChI=1S/C11H14Br2N2/c12-7-9-3-2-6-15(8-9)11-10(13)4-1-5-14-11/h1,4-5,9H,2-3,6-8H2. The van der Waals surface area contributed by atoms with Crippen LogP contribution in [0.2, 0.25) is 0 Å². The Balaban J connectivity index is 2.13. The molecule has 1 saturated heterocycles. The van der Waals surface area contributed by atoms with Gasteiger partial charge in [0.05, 0.1) is 4.47 Å². The van der Waals surface area contributed by atoms with E-state index in [4.69, 9.17) is 0 Å². The summed E-state index contributed by atoms with van der Waals surface area (Å²) in [7, 11) is 0. The van der Waals surface area contributed by atoms with Crippen molar-refractivity contribution in [2.75, 3.05) is 23.3 Å². The van der Waals surface area contributed by atoms with Gasteiger partial charge in [-0.3, -0.25) is 0 Å². The number of aromatic nitrogens is 1. The molecule has 4 heteroatoms. The van der Waals surface area contributed by atoms with Crippen molar-refractivity contribution >= 4 is 37.7 Å². The first kappa shape index (κ1) is 11.4. The van der Waals surface area contributed by atoms with Gasteiger partial charge < -0.3 is 4.90 Å². The van der Waals surface area contributed by atoms with E-state index in [-0.39, 0.29) is 0 Å². The Morgan fingerprint density at radius 2 is 2.40 bits per heavy atom. The van der Waals surface area contributed by atoms with Crippen molar-refractivity contribution in [3.8, 4) is 0 Å². The molecule has 1 atom stereocenters. The second kappa shape index (κ2) is 5.30. The van der Waals surface area contributed by atoms with Crippen LogP contribution in [-0.4, -0.2) is 23.4 Å². The number of anilines is 1. The second-order valence-electron chi connectivity index (χ2n) is 3.92. The van der Waals surface area contributed by atoms with E-state index in [1.807, 2.05) is 12.3 Å². The average Bonchev–Trinajstić information content (AvgIpc) is 2.30. The summed E-state index contributed by atoms with van der Waals surface area (Å²) in [6.07, 6.45) is 4.45. The van der Waals surface area contributed by atoms with Gasteiger partial charge in [0.2, 0.25) is 0 Å². The van der Waals surface area contributed by atoms with Crippen LogP contribution < -0.4 is 4.90 Å². The van der Waals surface area contributed by atoms with Crippen molar-refractivity contribution in [1.29, 1.82) is 0 Å². The van der Waals surface area contributed by atoms with Crippen LogP contribution in [0.15, 0.2) is 22.8 Å². The first-order chi connectivity index (χ1) is 7.31. The number of pyridine rings is 1. The molecular weight excluding hydrogens is 320 g/mol. The lowest BCUT2D eigenvalue weighted by Crippen LogP contribution is -2.36. The minimum atomic E-state index is 0.757. The maximum atomic E-state index is 4.43. The van der Waals surface area contributed by atoms with Crippen LogP contribution in [0.25, 0.3) is 0 Å². The summed E-state index contributed by atoms with van der Waals surface area (Å²) < 4.78 is 1.10. The van der Waals surface area contributed by atoms with Gasteiger partial charge in [-0.05, 0) is 46.8 Å². The molecule has 15 heavy (non-hydrogen) atoms. The Bertz CT molecular complexity index is 330. The van der Waals surface area contributed by atoms with E-state index in [0.717, 1.165) is 34.6 Å². The first-order valence-electron chi connectivity index (χ1n) is 5.22. The Morgan fingerprint density at radius 3 is 3.13 bits per heavy atom. The number of piperidine rings is 1. The minimum Gasteiger partial charge on any atom is -0.355 e. The van der Waals surface area contributed by atoms with Gasteiger partial charge in [0.25, 0.3) is 0 Å². The molecule has 0 radical (unpaired) electrons. The van der Waals surface area contributed by atoms with Gasteiger partial charge in [-0.2, -0.15) is 0 Å². The highest BCUT2D eigenvalue weighted by atomic mass is 79.9. The van der Waals surface area contributed by atoms with Crippen molar-refractivity contribution in [2.24, 2.45) is 5.92 Å². The van der Waals surface area contributed by atoms with Gasteiger partial charge in [0.15, 0.2) is 0 Å². The number of halogens is 2. The number of alkyl halides is 1. The molecule has 2 heterocycles. The van der Waals surface area contributed by atoms with Gasteiger partial charge in [-0.15, -0.1) is 0 Å². The van der Waals surface area contributed by atoms with E-state index in [0.29, 0.717) is 0 Å². The lowest BCUT2D eigenvalue weighted by atomic mass is 10.0. The molecule has 0 aliphatic carbocycles. The summed E-state index contributed by atoms with van der Waals surface area (Å²) in [5.41, 5.74) is 0. The quantitative estimate of drug-likeness (QED) is 0.770. The van der Waals surface area contributed by atoms with Crippen molar-refractivity contribution in [1.82, 2.24) is 4.98 Å². The molecule has 1 unspecified atom stereocenters. The van der Waals surface area contributed by atoms with Crippen LogP contribution in [0.3, 0.4) is 0 Å². The highest BCUT2D eigenvalue weighted by Crippen LogP contribution is 2.28. The molecule has 0 saturated carbocycles. The Labute approximate surface area is 107 Å². The molecule has 2 nitrogen and oxygen atoms in total. The van der Waals surface area contributed by atoms with Gasteiger partial charge in [-0.1, -0.05) is 15.9 Å². The molecule has 1 aliphatic heterocycles. The lowest BCUT2D eigenvalue weighted by molar-refractivity contribution is 0.452. The summed E-state index contributed by atoms with van der Waals surface area (Å²) in [4.78, 5) is 6.81. The summed E-state index contributed by atoms with van der Waals surface area (Å²) in [6, 6.07) is 4.01. The molecule has 0 N–H and O–H groups in total. The molecule has 0 spiro atoms. The third kappa shape index (κ3) is 2.72. The molecule has 1 aliphatic rings. The maximum absolute atomic E-state index is 4.43. The van der Waals surface area contributed by atoms with Crippen LogP contribution in [-0.2, 0) is 0 Å². The number of nitrogens with zero attached hydrogens (tertiary/aromatic N) is 2. The molecule has 2 rings (SSSR count). The average molecular weight is 334 g/mol. The van der Waals surface area contributed by atoms with Gasteiger partial charge >= 0.3 is 0 Å². The normalized spacial score (nSPS) is 21.7. The zero-order valence-electron chi connectivity index (χ0n) is 8.50. The predicted molar refractivity (Wildman–Crippen MR) is 70.7 cm³/mol. The Kier molecular flexibility index (Phi) is 4.03. The second-order valence-corrected chi connectivity index (χ2v) is 5.42. The zero-order valence-corrected chi connectivity index (χ0v) is 11.7. The van der Waals surface area contributed by atoms with E-state index >= 15 is 0 Å². The smallest absolute Gasteiger partial charge is 0.142 e. The van der Waals surface area contributed by atoms with Gasteiger partial charge in [-0.25, -0.2) is 4.98 Å². The van der Waals surface area contributed by atoms with E-state index < -0.39 is 0 Å². The molecular formula is C11H14Br2N2. The minimum absolute atomic E-state index is 0.757. The molecule has 0 bridgehead atoms. The predicted octanol–water partition coefficient (Wildman–Crippen LogP) is 3.46. The molecule has 0 amide bonds. The third-order valence-corrected chi connectivity index (χ3v) is 4.31. The van der Waals surface area contributed by atoms with E-state index in [2.05, 4.69) is 47.8 Å². The van der Waals surface area contributed by atoms with Crippen LogP contribution in [0, 0.1) is 5.92 Å². The molecule has 82 valence electrons. The van der Waals surface area contributed by atoms with Crippen LogP contribution >= 0.6 is 31.9 Å². The maximum Gasteiger partial charge on any atom is 0.142 e. The van der Waals surface area contributed by atoms with E-state index in [1.54, 1.807) is 0 Å². The number of hydrogen-bond acceptors (Lipinski definition) is 2. The van der Waals surface area contributed by atoms with E-state index in [9.17, 15) is 0 Å². The highest BCUT2D eigenvalue weighted by Gasteiger charge is 2.21. The molecule has 1 aromatic heterocycles. The van der Waals surface area contributed by atoms with Gasteiger partial charge in [0, 0.05) is 24.6 Å². The summed E-state index contributed by atoms with van der Waals surface area (Å²) in [5.74, 6) is 1.84. The fourth-order valence-corrected chi connectivity index (χ4v) is 3.03. The SMILES string of the molecule is BrCC1CCCN(c2ncccc2Br)C1. The fourth-order valence-electron chi connectivity index (χ4n) is 1.99. The molecule has 1 aromatic rings. The Hall–Kier alpha value is -0.0900. The van der Waals surface area contributed by atoms with Crippen LogP contribution in [0.5, 0.6) is 0 Å². The van der Waals surface area contributed by atoms with Crippen LogP contribution in [0.4, 0.5) is 5.82 Å². The van der Waals surface area contributed by atoms with Crippen molar-refractivity contribution < 1.29 is 0 Å². The summed E-state index contributed by atoms with van der Waals surface area (Å²) in [6.45, 7) is 2.24. The first-order valence-corrected chi connectivity index (χ1v) is 7.14. The summed E-state index contributed by atoms with van der Waals surface area (Å²) in [5, 5.41) is 1.09. The number of rotatable bonds is 2. The number of hydrogen-bond donors (Lipinski definition) is 0. The van der Waals surface area contributed by atoms with Crippen molar-refractivity contribution in [3.05, 3.63) is 22.8 Å². The molecule has 0 aromatic carbocycles. The van der Waals surface area contributed by atoms with Crippen LogP contribution in [0.1, 0.15) is 12.8 Å². The zero-order chi connectivity index (χ0) is 10.7.